The summed E-state index contributed by atoms with van der Waals surface area (Å²) in [6.07, 6.45) is 3.64. The molecule has 0 saturated carbocycles. The van der Waals surface area contributed by atoms with Crippen LogP contribution in [0.5, 0.6) is 0 Å². The van der Waals surface area contributed by atoms with Gasteiger partial charge in [-0.05, 0) is 23.9 Å². The monoisotopic (exact) mass is 247 g/mol. The van der Waals surface area contributed by atoms with Crippen molar-refractivity contribution in [3.63, 3.8) is 0 Å². The third-order valence-electron chi connectivity index (χ3n) is 3.07. The summed E-state index contributed by atoms with van der Waals surface area (Å²) in [7, 11) is 0. The highest BCUT2D eigenvalue weighted by Crippen LogP contribution is 2.14. The maximum Gasteiger partial charge on any atom is 0.252 e. The van der Waals surface area contributed by atoms with Crippen LogP contribution in [0.15, 0.2) is 29.1 Å². The van der Waals surface area contributed by atoms with Gasteiger partial charge in [0.2, 0.25) is 0 Å². The molecule has 1 amide bonds. The normalized spacial score (nSPS) is 18.7. The zero-order chi connectivity index (χ0) is 11.7. The van der Waals surface area contributed by atoms with Crippen molar-refractivity contribution in [1.82, 2.24) is 15.1 Å². The van der Waals surface area contributed by atoms with Crippen LogP contribution in [0.4, 0.5) is 0 Å². The Morgan fingerprint density at radius 3 is 3.29 bits per heavy atom. The SMILES string of the molecule is O=C(N[C@@H]1CCn2nccc2C1)c1ccsc1. The molecule has 0 aliphatic carbocycles. The molecule has 0 unspecified atom stereocenters. The topological polar surface area (TPSA) is 46.9 Å². The molecule has 0 saturated heterocycles. The molecule has 1 atom stereocenters. The molecule has 0 aromatic carbocycles. The Kier molecular flexibility index (Phi) is 2.68. The highest BCUT2D eigenvalue weighted by atomic mass is 32.1. The van der Waals surface area contributed by atoms with Gasteiger partial charge in [-0.1, -0.05) is 0 Å². The minimum Gasteiger partial charge on any atom is -0.349 e. The van der Waals surface area contributed by atoms with E-state index in [2.05, 4.69) is 10.4 Å². The molecule has 2 aromatic heterocycles. The van der Waals surface area contributed by atoms with Crippen LogP contribution in [0, 0.1) is 0 Å². The molecule has 0 fully saturated rings. The average molecular weight is 247 g/mol. The first kappa shape index (κ1) is 10.5. The molecule has 88 valence electrons. The van der Waals surface area contributed by atoms with E-state index in [1.165, 1.54) is 5.69 Å². The lowest BCUT2D eigenvalue weighted by atomic mass is 10.0. The van der Waals surface area contributed by atoms with Gasteiger partial charge >= 0.3 is 0 Å². The molecule has 0 bridgehead atoms. The van der Waals surface area contributed by atoms with Gasteiger partial charge in [0.05, 0.1) is 0 Å². The number of thiophene rings is 1. The second kappa shape index (κ2) is 4.33. The first-order valence-electron chi connectivity index (χ1n) is 5.66. The van der Waals surface area contributed by atoms with Gasteiger partial charge in [-0.3, -0.25) is 9.48 Å². The Hall–Kier alpha value is -1.62. The fourth-order valence-electron chi connectivity index (χ4n) is 2.15. The molecule has 5 heteroatoms. The summed E-state index contributed by atoms with van der Waals surface area (Å²) in [6, 6.07) is 4.10. The number of nitrogens with one attached hydrogen (secondary N) is 1. The maximum absolute atomic E-state index is 11.9. The third kappa shape index (κ3) is 2.10. The molecular formula is C12H13N3OS. The van der Waals surface area contributed by atoms with Crippen molar-refractivity contribution in [2.45, 2.75) is 25.4 Å². The molecule has 4 nitrogen and oxygen atoms in total. The Balaban J connectivity index is 1.66. The molecule has 1 aliphatic heterocycles. The second-order valence-corrected chi connectivity index (χ2v) is 5.00. The van der Waals surface area contributed by atoms with Gasteiger partial charge in [0, 0.05) is 41.8 Å². The number of carbonyl (C=O) groups excluding carboxylic acids is 1. The molecule has 0 spiro atoms. The molecule has 1 N–H and O–H groups in total. The van der Waals surface area contributed by atoms with E-state index < -0.39 is 0 Å². The van der Waals surface area contributed by atoms with E-state index in [0.29, 0.717) is 0 Å². The number of aromatic nitrogens is 2. The van der Waals surface area contributed by atoms with Crippen LogP contribution >= 0.6 is 11.3 Å². The number of amides is 1. The summed E-state index contributed by atoms with van der Waals surface area (Å²) in [4.78, 5) is 11.9. The largest absolute Gasteiger partial charge is 0.349 e. The fourth-order valence-corrected chi connectivity index (χ4v) is 2.79. The second-order valence-electron chi connectivity index (χ2n) is 4.22. The lowest BCUT2D eigenvalue weighted by Crippen LogP contribution is -2.40. The number of nitrogens with zero attached hydrogens (tertiary/aromatic N) is 2. The Labute approximate surface area is 103 Å². The lowest BCUT2D eigenvalue weighted by molar-refractivity contribution is 0.0930. The quantitative estimate of drug-likeness (QED) is 0.878. The van der Waals surface area contributed by atoms with E-state index in [1.54, 1.807) is 11.3 Å². The predicted molar refractivity (Wildman–Crippen MR) is 66.1 cm³/mol. The standard InChI is InChI=1S/C12H13N3OS/c16-12(9-3-6-17-8-9)14-10-2-5-15-11(7-10)1-4-13-15/h1,3-4,6,8,10H,2,5,7H2,(H,14,16)/t10-/m1/s1. The van der Waals surface area contributed by atoms with Crippen molar-refractivity contribution in [1.29, 1.82) is 0 Å². The van der Waals surface area contributed by atoms with Gasteiger partial charge in [-0.2, -0.15) is 16.4 Å². The van der Waals surface area contributed by atoms with E-state index in [9.17, 15) is 4.79 Å². The summed E-state index contributed by atoms with van der Waals surface area (Å²) in [5.74, 6) is 0.0317. The van der Waals surface area contributed by atoms with Crippen molar-refractivity contribution >= 4 is 17.2 Å². The molecular weight excluding hydrogens is 234 g/mol. The zero-order valence-electron chi connectivity index (χ0n) is 9.30. The third-order valence-corrected chi connectivity index (χ3v) is 3.75. The molecule has 17 heavy (non-hydrogen) atoms. The maximum atomic E-state index is 11.9. The Bertz CT molecular complexity index is 518. The van der Waals surface area contributed by atoms with E-state index in [-0.39, 0.29) is 11.9 Å². The number of fused-ring (bicyclic) bond motifs is 1. The van der Waals surface area contributed by atoms with Crippen molar-refractivity contribution < 1.29 is 4.79 Å². The van der Waals surface area contributed by atoms with E-state index in [1.807, 2.05) is 33.8 Å². The van der Waals surface area contributed by atoms with Crippen LogP contribution in [0.3, 0.4) is 0 Å². The van der Waals surface area contributed by atoms with Crippen LogP contribution in [0.1, 0.15) is 22.5 Å². The van der Waals surface area contributed by atoms with Crippen molar-refractivity contribution in [2.75, 3.05) is 0 Å². The van der Waals surface area contributed by atoms with Crippen LogP contribution < -0.4 is 5.32 Å². The summed E-state index contributed by atoms with van der Waals surface area (Å²) < 4.78 is 2.01. The summed E-state index contributed by atoms with van der Waals surface area (Å²) in [5.41, 5.74) is 1.96. The summed E-state index contributed by atoms with van der Waals surface area (Å²) in [5, 5.41) is 11.1. The number of carbonyl (C=O) groups is 1. The van der Waals surface area contributed by atoms with E-state index in [0.717, 1.165) is 24.9 Å². The average Bonchev–Trinajstić information content (AvgIpc) is 2.99. The molecule has 2 aromatic rings. The van der Waals surface area contributed by atoms with Gasteiger partial charge in [-0.15, -0.1) is 0 Å². The van der Waals surface area contributed by atoms with Crippen LogP contribution in [-0.4, -0.2) is 21.7 Å². The van der Waals surface area contributed by atoms with Crippen LogP contribution in [0.2, 0.25) is 0 Å². The minimum absolute atomic E-state index is 0.0317. The van der Waals surface area contributed by atoms with Gasteiger partial charge in [-0.25, -0.2) is 0 Å². The highest BCUT2D eigenvalue weighted by Gasteiger charge is 2.20. The smallest absolute Gasteiger partial charge is 0.252 e. The number of hydrogen-bond donors (Lipinski definition) is 1. The Morgan fingerprint density at radius 2 is 2.47 bits per heavy atom. The fraction of sp³-hybridized carbons (Fsp3) is 0.333. The first-order valence-corrected chi connectivity index (χ1v) is 6.61. The van der Waals surface area contributed by atoms with Crippen LogP contribution in [0.25, 0.3) is 0 Å². The summed E-state index contributed by atoms with van der Waals surface area (Å²) >= 11 is 1.54. The van der Waals surface area contributed by atoms with Gasteiger partial charge < -0.3 is 5.32 Å². The van der Waals surface area contributed by atoms with Crippen molar-refractivity contribution in [3.05, 3.63) is 40.3 Å². The van der Waals surface area contributed by atoms with Gasteiger partial charge in [0.25, 0.3) is 5.91 Å². The van der Waals surface area contributed by atoms with E-state index in [4.69, 9.17) is 0 Å². The van der Waals surface area contributed by atoms with Crippen LogP contribution in [-0.2, 0) is 13.0 Å². The predicted octanol–water partition coefficient (Wildman–Crippen LogP) is 1.69. The minimum atomic E-state index is 0.0317. The number of rotatable bonds is 2. The Morgan fingerprint density at radius 1 is 1.53 bits per heavy atom. The molecule has 1 aliphatic rings. The summed E-state index contributed by atoms with van der Waals surface area (Å²) in [6.45, 7) is 0.886. The highest BCUT2D eigenvalue weighted by molar-refractivity contribution is 7.08. The van der Waals surface area contributed by atoms with Crippen molar-refractivity contribution in [3.8, 4) is 0 Å². The van der Waals surface area contributed by atoms with E-state index >= 15 is 0 Å². The van der Waals surface area contributed by atoms with Crippen molar-refractivity contribution in [2.24, 2.45) is 0 Å². The van der Waals surface area contributed by atoms with Gasteiger partial charge in [0.1, 0.15) is 0 Å². The zero-order valence-corrected chi connectivity index (χ0v) is 10.1. The molecule has 3 rings (SSSR count). The molecule has 0 radical (unpaired) electrons. The van der Waals surface area contributed by atoms with Gasteiger partial charge in [0.15, 0.2) is 0 Å². The number of aryl methyl sites for hydroxylation is 1. The lowest BCUT2D eigenvalue weighted by Gasteiger charge is -2.24. The molecule has 3 heterocycles. The first-order chi connectivity index (χ1) is 8.33. The number of hydrogen-bond acceptors (Lipinski definition) is 3.